The predicted molar refractivity (Wildman–Crippen MR) is 43.5 cm³/mol. The Balaban J connectivity index is 0. The molecule has 0 aliphatic carbocycles. The summed E-state index contributed by atoms with van der Waals surface area (Å²) in [5.41, 5.74) is 0. The van der Waals surface area contributed by atoms with E-state index in [1.54, 1.807) is 12.2 Å². The van der Waals surface area contributed by atoms with E-state index in [1.165, 1.54) is 0 Å². The molecule has 0 aromatic heterocycles. The van der Waals surface area contributed by atoms with Crippen LogP contribution in [0.3, 0.4) is 0 Å². The zero-order valence-corrected chi connectivity index (χ0v) is 8.29. The van der Waals surface area contributed by atoms with Crippen LogP contribution >= 0.6 is 8.25 Å². The SMILES string of the molecule is C=CCC(CC=C)O[PH](=O)[O-].[Li+]. The van der Waals surface area contributed by atoms with Crippen molar-refractivity contribution in [1.29, 1.82) is 0 Å². The summed E-state index contributed by atoms with van der Waals surface area (Å²) in [6.45, 7) is 6.97. The van der Waals surface area contributed by atoms with Crippen LogP contribution in [-0.4, -0.2) is 6.10 Å². The van der Waals surface area contributed by atoms with Crippen LogP contribution in [0.5, 0.6) is 0 Å². The minimum Gasteiger partial charge on any atom is -0.781 e. The Kier molecular flexibility index (Phi) is 11.4. The molecule has 0 rings (SSSR count). The zero-order valence-electron chi connectivity index (χ0n) is 7.29. The fourth-order valence-corrected chi connectivity index (χ4v) is 1.16. The van der Waals surface area contributed by atoms with Gasteiger partial charge in [-0.25, -0.2) is 0 Å². The van der Waals surface area contributed by atoms with Crippen molar-refractivity contribution in [3.63, 3.8) is 0 Å². The molecule has 0 aliphatic rings. The third kappa shape index (κ3) is 8.33. The van der Waals surface area contributed by atoms with Crippen LogP contribution in [-0.2, 0) is 9.09 Å². The molecule has 64 valence electrons. The van der Waals surface area contributed by atoms with E-state index in [0.717, 1.165) is 0 Å². The number of hydrogen-bond donors (Lipinski definition) is 0. The standard InChI is InChI=1S/C7H13O3P.Li/c1-3-5-7(6-4-2)10-11(8)9;/h3-4,7,11H,1-2,5-6H2,(H,8,9);/q;+1/p-1. The van der Waals surface area contributed by atoms with Crippen molar-refractivity contribution < 1.29 is 32.8 Å². The van der Waals surface area contributed by atoms with Gasteiger partial charge in [-0.2, -0.15) is 0 Å². The fourth-order valence-electron chi connectivity index (χ4n) is 0.700. The summed E-state index contributed by atoms with van der Waals surface area (Å²) in [5, 5.41) is 0. The maximum atomic E-state index is 10.1. The number of hydrogen-bond acceptors (Lipinski definition) is 3. The van der Waals surface area contributed by atoms with Crippen molar-refractivity contribution in [2.24, 2.45) is 0 Å². The van der Waals surface area contributed by atoms with Crippen molar-refractivity contribution in [2.45, 2.75) is 18.9 Å². The van der Waals surface area contributed by atoms with Gasteiger partial charge < -0.3 is 14.0 Å². The van der Waals surface area contributed by atoms with Crippen LogP contribution in [0.15, 0.2) is 25.3 Å². The molecule has 3 nitrogen and oxygen atoms in total. The second kappa shape index (κ2) is 9.32. The van der Waals surface area contributed by atoms with Crippen molar-refractivity contribution in [2.75, 3.05) is 0 Å². The molecule has 0 saturated carbocycles. The van der Waals surface area contributed by atoms with Gasteiger partial charge in [0, 0.05) is 0 Å². The molecule has 0 amide bonds. The van der Waals surface area contributed by atoms with Gasteiger partial charge >= 0.3 is 18.9 Å². The van der Waals surface area contributed by atoms with E-state index >= 15 is 0 Å². The first-order valence-electron chi connectivity index (χ1n) is 3.30. The minimum absolute atomic E-state index is 0. The monoisotopic (exact) mass is 182 g/mol. The second-order valence-electron chi connectivity index (χ2n) is 2.04. The number of rotatable bonds is 6. The first kappa shape index (κ1) is 14.7. The Morgan fingerprint density at radius 3 is 2.08 bits per heavy atom. The Morgan fingerprint density at radius 2 is 1.83 bits per heavy atom. The van der Waals surface area contributed by atoms with Crippen LogP contribution in [0.25, 0.3) is 0 Å². The molecule has 0 heterocycles. The zero-order chi connectivity index (χ0) is 8.69. The molecule has 5 heteroatoms. The van der Waals surface area contributed by atoms with E-state index in [2.05, 4.69) is 17.7 Å². The van der Waals surface area contributed by atoms with Crippen LogP contribution in [0.4, 0.5) is 0 Å². The van der Waals surface area contributed by atoms with Crippen molar-refractivity contribution in [1.82, 2.24) is 0 Å². The summed E-state index contributed by atoms with van der Waals surface area (Å²) in [6, 6.07) is 0. The van der Waals surface area contributed by atoms with E-state index in [4.69, 9.17) is 0 Å². The van der Waals surface area contributed by atoms with Gasteiger partial charge in [-0.1, -0.05) is 12.2 Å². The molecule has 0 fully saturated rings. The van der Waals surface area contributed by atoms with Gasteiger partial charge in [-0.15, -0.1) is 13.2 Å². The normalized spacial score (nSPS) is 11.8. The van der Waals surface area contributed by atoms with Gasteiger partial charge in [-0.3, -0.25) is 0 Å². The van der Waals surface area contributed by atoms with Gasteiger partial charge in [0.2, 0.25) is 0 Å². The first-order valence-corrected chi connectivity index (χ1v) is 4.52. The minimum atomic E-state index is -3.07. The quantitative estimate of drug-likeness (QED) is 0.279. The largest absolute Gasteiger partial charge is 1.00 e. The third-order valence-electron chi connectivity index (χ3n) is 1.12. The van der Waals surface area contributed by atoms with Gasteiger partial charge in [0.05, 0.1) is 6.10 Å². The summed E-state index contributed by atoms with van der Waals surface area (Å²) >= 11 is 0. The van der Waals surface area contributed by atoms with Crippen LogP contribution in [0.2, 0.25) is 0 Å². The topological polar surface area (TPSA) is 49.4 Å². The third-order valence-corrected chi connectivity index (χ3v) is 1.65. The average molecular weight is 182 g/mol. The Hall–Kier alpha value is 0.227. The predicted octanol–water partition coefficient (Wildman–Crippen LogP) is -1.72. The summed E-state index contributed by atoms with van der Waals surface area (Å²) in [6.07, 6.45) is 4.00. The van der Waals surface area contributed by atoms with Crippen molar-refractivity contribution >= 4 is 8.25 Å². The average Bonchev–Trinajstić information content (AvgIpc) is 1.87. The van der Waals surface area contributed by atoms with Crippen LogP contribution in [0.1, 0.15) is 12.8 Å². The van der Waals surface area contributed by atoms with Gasteiger partial charge in [0.1, 0.15) is 8.25 Å². The molecular weight excluding hydrogens is 170 g/mol. The Labute approximate surface area is 85.6 Å². The molecule has 12 heavy (non-hydrogen) atoms. The molecule has 0 radical (unpaired) electrons. The summed E-state index contributed by atoms with van der Waals surface area (Å²) < 4.78 is 14.7. The molecule has 1 atom stereocenters. The van der Waals surface area contributed by atoms with Crippen molar-refractivity contribution in [3.05, 3.63) is 25.3 Å². The molecule has 0 saturated heterocycles. The van der Waals surface area contributed by atoms with Gasteiger partial charge in [-0.05, 0) is 12.8 Å². The second-order valence-corrected chi connectivity index (χ2v) is 2.77. The summed E-state index contributed by atoms with van der Waals surface area (Å²) in [7, 11) is -3.07. The maximum absolute atomic E-state index is 10.1. The smallest absolute Gasteiger partial charge is 0.781 e. The van der Waals surface area contributed by atoms with E-state index < -0.39 is 8.25 Å². The Bertz CT molecular complexity index is 151. The molecule has 0 aliphatic heterocycles. The molecule has 0 aromatic carbocycles. The van der Waals surface area contributed by atoms with Gasteiger partial charge in [0.25, 0.3) is 0 Å². The van der Waals surface area contributed by atoms with Gasteiger partial charge in [0.15, 0.2) is 0 Å². The molecule has 0 N–H and O–H groups in total. The molecule has 0 spiro atoms. The fraction of sp³-hybridized carbons (Fsp3) is 0.429. The summed E-state index contributed by atoms with van der Waals surface area (Å²) in [5.74, 6) is 0. The summed E-state index contributed by atoms with van der Waals surface area (Å²) in [4.78, 5) is 10.1. The molecule has 0 aromatic rings. The molecule has 1 unspecified atom stereocenters. The van der Waals surface area contributed by atoms with Crippen LogP contribution < -0.4 is 23.8 Å². The van der Waals surface area contributed by atoms with E-state index in [0.29, 0.717) is 12.8 Å². The van der Waals surface area contributed by atoms with E-state index in [9.17, 15) is 9.46 Å². The molecule has 0 bridgehead atoms. The maximum Gasteiger partial charge on any atom is 1.00 e. The van der Waals surface area contributed by atoms with E-state index in [-0.39, 0.29) is 25.0 Å². The van der Waals surface area contributed by atoms with E-state index in [1.807, 2.05) is 0 Å². The molecular formula is C7H12LiO3P. The van der Waals surface area contributed by atoms with Crippen LogP contribution in [0, 0.1) is 0 Å². The van der Waals surface area contributed by atoms with Crippen molar-refractivity contribution in [3.8, 4) is 0 Å². The Morgan fingerprint density at radius 1 is 1.42 bits per heavy atom. The first-order chi connectivity index (χ1) is 5.20.